The Morgan fingerprint density at radius 3 is 2.15 bits per heavy atom. The van der Waals surface area contributed by atoms with Crippen molar-refractivity contribution < 1.29 is 50.4 Å². The minimum absolute atomic E-state index is 0.0588. The van der Waals surface area contributed by atoms with Gasteiger partial charge in [-0.25, -0.2) is 4.79 Å². The molecule has 0 spiro atoms. The number of aromatic nitrogens is 1. The van der Waals surface area contributed by atoms with Crippen molar-refractivity contribution >= 4 is 48.4 Å². The lowest BCUT2D eigenvalue weighted by Crippen LogP contribution is -2.27. The van der Waals surface area contributed by atoms with Crippen LogP contribution in [-0.4, -0.2) is 63.7 Å². The lowest BCUT2D eigenvalue weighted by molar-refractivity contribution is -0.439. The van der Waals surface area contributed by atoms with Crippen LogP contribution < -0.4 is 4.84 Å². The third-order valence-corrected chi connectivity index (χ3v) is 8.83. The molecule has 12 nitrogen and oxygen atoms in total. The minimum Gasteiger partial charge on any atom is -0.492 e. The fourth-order valence-corrected chi connectivity index (χ4v) is 6.29. The monoisotopic (exact) mass is 581 g/mol. The number of nitrogens with zero attached hydrogens (tertiary/aromatic N) is 2. The first-order valence-electron chi connectivity index (χ1n) is 12.0. The van der Waals surface area contributed by atoms with E-state index >= 15 is 0 Å². The third-order valence-electron chi connectivity index (χ3n) is 7.10. The van der Waals surface area contributed by atoms with E-state index < -0.39 is 53.2 Å². The number of fused-ring (bicyclic) bond motifs is 3. The fourth-order valence-electron chi connectivity index (χ4n) is 4.95. The second kappa shape index (κ2) is 9.93. The van der Waals surface area contributed by atoms with Crippen molar-refractivity contribution in [2.45, 2.75) is 61.7 Å². The van der Waals surface area contributed by atoms with Crippen LogP contribution in [0, 0.1) is 0 Å². The number of rotatable bonds is 9. The fraction of sp³-hybridized carbons (Fsp3) is 0.360. The summed E-state index contributed by atoms with van der Waals surface area (Å²) < 4.78 is 70.1. The van der Waals surface area contributed by atoms with Gasteiger partial charge < -0.3 is 15.1 Å². The van der Waals surface area contributed by atoms with Crippen LogP contribution >= 0.6 is 0 Å². The SMILES string of the molecule is CC1=[N+](CCCCCC(=O)On2c(O)ccc2O)c2ccc3c(S(=O)(=O)O)cc(S(=O)(=O)O)cc3c2C1(C)C. The predicted octanol–water partition coefficient (Wildman–Crippen LogP) is 3.16. The van der Waals surface area contributed by atoms with Crippen LogP contribution in [0.15, 0.2) is 46.2 Å². The number of aromatic hydroxyl groups is 2. The molecule has 0 aliphatic carbocycles. The van der Waals surface area contributed by atoms with E-state index in [1.807, 2.05) is 25.3 Å². The van der Waals surface area contributed by atoms with Gasteiger partial charge in [0, 0.05) is 48.9 Å². The molecule has 1 aromatic heterocycles. The smallest absolute Gasteiger partial charge is 0.333 e. The molecule has 210 valence electrons. The van der Waals surface area contributed by atoms with Gasteiger partial charge in [0.25, 0.3) is 20.2 Å². The van der Waals surface area contributed by atoms with E-state index in [1.165, 1.54) is 24.3 Å². The molecule has 2 aromatic carbocycles. The molecular formula is C25H29N2O10S2+. The van der Waals surface area contributed by atoms with E-state index in [4.69, 9.17) is 4.84 Å². The summed E-state index contributed by atoms with van der Waals surface area (Å²) in [5.74, 6) is -1.42. The Morgan fingerprint density at radius 1 is 0.923 bits per heavy atom. The Labute approximate surface area is 225 Å². The van der Waals surface area contributed by atoms with E-state index in [9.17, 15) is 40.9 Å². The van der Waals surface area contributed by atoms with Crippen LogP contribution in [0.25, 0.3) is 10.8 Å². The van der Waals surface area contributed by atoms with Gasteiger partial charge in [-0.1, -0.05) is 0 Å². The maximum absolute atomic E-state index is 12.1. The van der Waals surface area contributed by atoms with E-state index in [0.29, 0.717) is 36.1 Å². The van der Waals surface area contributed by atoms with Gasteiger partial charge in [-0.15, -0.1) is 4.73 Å². The van der Waals surface area contributed by atoms with Crippen LogP contribution in [0.2, 0.25) is 0 Å². The average Bonchev–Trinajstić information content (AvgIpc) is 3.24. The van der Waals surface area contributed by atoms with Crippen LogP contribution in [0.5, 0.6) is 11.8 Å². The van der Waals surface area contributed by atoms with E-state index in [1.54, 1.807) is 6.07 Å². The molecule has 0 bridgehead atoms. The lowest BCUT2D eigenvalue weighted by atomic mass is 9.80. The molecule has 0 amide bonds. The lowest BCUT2D eigenvalue weighted by Gasteiger charge is -2.18. The minimum atomic E-state index is -4.81. The standard InChI is InChI=1S/C25H28N2O10S2/c1-15-25(2,3)24-18-13-16(38(31,32)33)14-20(39(34,35)36)17(18)8-9-19(24)26(15)12-6-4-5-7-23(30)37-27-21(28)10-11-22(27)29/h8-11,13-14H,4-7,12H2,1-3H3,(H3-,28,29,31,32,33,34,35,36)/p+1. The molecule has 0 unspecified atom stereocenters. The first-order valence-corrected chi connectivity index (χ1v) is 14.9. The van der Waals surface area contributed by atoms with Crippen LogP contribution in [0.1, 0.15) is 52.0 Å². The van der Waals surface area contributed by atoms with E-state index in [0.717, 1.165) is 17.5 Å². The van der Waals surface area contributed by atoms with Crippen LogP contribution in [0.4, 0.5) is 5.69 Å². The van der Waals surface area contributed by atoms with Gasteiger partial charge in [0.05, 0.1) is 10.3 Å². The summed E-state index contributed by atoms with van der Waals surface area (Å²) in [6, 6.07) is 7.53. The molecule has 0 fully saturated rings. The Hall–Kier alpha value is -3.46. The van der Waals surface area contributed by atoms with Gasteiger partial charge in [0.2, 0.25) is 17.4 Å². The molecule has 4 N–H and O–H groups in total. The maximum atomic E-state index is 12.1. The van der Waals surface area contributed by atoms with Crippen molar-refractivity contribution in [2.75, 3.05) is 6.54 Å². The van der Waals surface area contributed by atoms with Gasteiger partial charge in [0.1, 0.15) is 11.4 Å². The van der Waals surface area contributed by atoms with Crippen LogP contribution in [-0.2, 0) is 30.4 Å². The molecule has 0 saturated heterocycles. The summed E-state index contributed by atoms with van der Waals surface area (Å²) in [7, 11) is -9.58. The normalized spacial score (nSPS) is 15.1. The summed E-state index contributed by atoms with van der Waals surface area (Å²) >= 11 is 0. The molecule has 1 aliphatic heterocycles. The van der Waals surface area contributed by atoms with Gasteiger partial charge in [0.15, 0.2) is 5.71 Å². The predicted molar refractivity (Wildman–Crippen MR) is 140 cm³/mol. The molecule has 2 heterocycles. The number of hydrogen-bond donors (Lipinski definition) is 4. The molecule has 1 aliphatic rings. The molecule has 14 heteroatoms. The van der Waals surface area contributed by atoms with E-state index in [-0.39, 0.29) is 17.2 Å². The first-order chi connectivity index (χ1) is 18.0. The van der Waals surface area contributed by atoms with Crippen LogP contribution in [0.3, 0.4) is 0 Å². The summed E-state index contributed by atoms with van der Waals surface area (Å²) in [4.78, 5) is 15.7. The summed E-state index contributed by atoms with van der Waals surface area (Å²) in [5.41, 5.74) is 1.67. The number of carbonyl (C=O) groups excluding carboxylic acids is 1. The van der Waals surface area contributed by atoms with Gasteiger partial charge in [-0.05, 0) is 50.3 Å². The Balaban J connectivity index is 1.57. The number of unbranched alkanes of at least 4 members (excludes halogenated alkanes) is 2. The largest absolute Gasteiger partial charge is 0.492 e. The quantitative estimate of drug-likeness (QED) is 0.166. The number of benzene rings is 2. The summed E-state index contributed by atoms with van der Waals surface area (Å²) in [6.45, 7) is 6.28. The zero-order valence-corrected chi connectivity index (χ0v) is 23.1. The highest BCUT2D eigenvalue weighted by Gasteiger charge is 2.44. The maximum Gasteiger partial charge on any atom is 0.333 e. The molecule has 0 saturated carbocycles. The summed E-state index contributed by atoms with van der Waals surface area (Å²) in [5, 5.41) is 19.5. The van der Waals surface area contributed by atoms with Crippen molar-refractivity contribution in [1.29, 1.82) is 0 Å². The molecule has 0 radical (unpaired) electrons. The highest BCUT2D eigenvalue weighted by molar-refractivity contribution is 7.86. The zero-order chi connectivity index (χ0) is 28.9. The third kappa shape index (κ3) is 5.37. The highest BCUT2D eigenvalue weighted by atomic mass is 32.2. The first kappa shape index (κ1) is 28.5. The average molecular weight is 582 g/mol. The topological polar surface area (TPSA) is 183 Å². The van der Waals surface area contributed by atoms with Crippen molar-refractivity contribution in [3.63, 3.8) is 0 Å². The van der Waals surface area contributed by atoms with Crippen molar-refractivity contribution in [3.8, 4) is 11.8 Å². The van der Waals surface area contributed by atoms with E-state index in [2.05, 4.69) is 0 Å². The Morgan fingerprint density at radius 2 is 1.56 bits per heavy atom. The highest BCUT2D eigenvalue weighted by Crippen LogP contribution is 2.45. The number of carbonyl (C=O) groups is 1. The second-order valence-electron chi connectivity index (χ2n) is 9.91. The van der Waals surface area contributed by atoms with Gasteiger partial charge in [-0.3, -0.25) is 9.11 Å². The van der Waals surface area contributed by atoms with Gasteiger partial charge in [-0.2, -0.15) is 21.4 Å². The Kier molecular flexibility index (Phi) is 7.27. The zero-order valence-electron chi connectivity index (χ0n) is 21.4. The molecule has 39 heavy (non-hydrogen) atoms. The molecule has 4 rings (SSSR count). The molecule has 0 atom stereocenters. The Bertz CT molecular complexity index is 1720. The second-order valence-corrected chi connectivity index (χ2v) is 12.7. The molecular weight excluding hydrogens is 552 g/mol. The van der Waals surface area contributed by atoms with Gasteiger partial charge >= 0.3 is 5.97 Å². The van der Waals surface area contributed by atoms with Crippen molar-refractivity contribution in [1.82, 2.24) is 4.73 Å². The van der Waals surface area contributed by atoms with Crippen molar-refractivity contribution in [2.24, 2.45) is 0 Å². The summed E-state index contributed by atoms with van der Waals surface area (Å²) in [6.07, 6.45) is 1.85. The number of hydrogen-bond acceptors (Lipinski definition) is 8. The molecule has 3 aromatic rings. The van der Waals surface area contributed by atoms with Crippen molar-refractivity contribution in [3.05, 3.63) is 42.0 Å².